The SMILES string of the molecule is COc1nc2ccc(Cl)cc2nc1CO. The van der Waals surface area contributed by atoms with Crippen molar-refractivity contribution in [2.45, 2.75) is 6.61 Å². The number of aliphatic hydroxyl groups is 1. The van der Waals surface area contributed by atoms with E-state index >= 15 is 0 Å². The fourth-order valence-corrected chi connectivity index (χ4v) is 1.48. The number of rotatable bonds is 2. The molecule has 0 aliphatic carbocycles. The van der Waals surface area contributed by atoms with Crippen molar-refractivity contribution in [3.63, 3.8) is 0 Å². The third-order valence-corrected chi connectivity index (χ3v) is 2.24. The van der Waals surface area contributed by atoms with Gasteiger partial charge in [-0.05, 0) is 18.2 Å². The van der Waals surface area contributed by atoms with Crippen LogP contribution in [0.25, 0.3) is 11.0 Å². The van der Waals surface area contributed by atoms with E-state index in [-0.39, 0.29) is 6.61 Å². The lowest BCUT2D eigenvalue weighted by Gasteiger charge is -2.05. The summed E-state index contributed by atoms with van der Waals surface area (Å²) in [5.74, 6) is 0.340. The molecule has 2 aromatic rings. The molecule has 0 saturated heterocycles. The number of aromatic nitrogens is 2. The maximum absolute atomic E-state index is 9.06. The third-order valence-electron chi connectivity index (χ3n) is 2.00. The number of nitrogens with zero attached hydrogens (tertiary/aromatic N) is 2. The second-order valence-electron chi connectivity index (χ2n) is 2.97. The van der Waals surface area contributed by atoms with Crippen LogP contribution in [0.2, 0.25) is 5.02 Å². The zero-order valence-corrected chi connectivity index (χ0v) is 8.82. The van der Waals surface area contributed by atoms with E-state index in [1.165, 1.54) is 7.11 Å². The molecule has 1 aromatic carbocycles. The zero-order chi connectivity index (χ0) is 10.8. The van der Waals surface area contributed by atoms with Crippen molar-refractivity contribution in [3.8, 4) is 5.88 Å². The Balaban J connectivity index is 2.69. The molecule has 0 saturated carbocycles. The van der Waals surface area contributed by atoms with Gasteiger partial charge in [0.15, 0.2) is 0 Å². The van der Waals surface area contributed by atoms with Gasteiger partial charge in [-0.3, -0.25) is 0 Å². The fraction of sp³-hybridized carbons (Fsp3) is 0.200. The van der Waals surface area contributed by atoms with Crippen LogP contribution in [0.5, 0.6) is 5.88 Å². The van der Waals surface area contributed by atoms with Crippen molar-refractivity contribution in [3.05, 3.63) is 28.9 Å². The summed E-state index contributed by atoms with van der Waals surface area (Å²) in [5.41, 5.74) is 1.74. The molecule has 0 atom stereocenters. The number of ether oxygens (including phenoxy) is 1. The first-order chi connectivity index (χ1) is 7.24. The van der Waals surface area contributed by atoms with Crippen molar-refractivity contribution in [2.24, 2.45) is 0 Å². The lowest BCUT2D eigenvalue weighted by atomic mass is 10.3. The number of benzene rings is 1. The first-order valence-electron chi connectivity index (χ1n) is 4.35. The Morgan fingerprint density at radius 3 is 2.80 bits per heavy atom. The quantitative estimate of drug-likeness (QED) is 0.845. The molecule has 0 bridgehead atoms. The van der Waals surface area contributed by atoms with Gasteiger partial charge in [0.1, 0.15) is 5.69 Å². The number of fused-ring (bicyclic) bond motifs is 1. The van der Waals surface area contributed by atoms with Crippen LogP contribution < -0.4 is 4.74 Å². The van der Waals surface area contributed by atoms with E-state index in [2.05, 4.69) is 9.97 Å². The van der Waals surface area contributed by atoms with Crippen LogP contribution in [0.1, 0.15) is 5.69 Å². The minimum absolute atomic E-state index is 0.210. The predicted molar refractivity (Wildman–Crippen MR) is 57.0 cm³/mol. The molecule has 0 amide bonds. The van der Waals surface area contributed by atoms with E-state index in [9.17, 15) is 0 Å². The first kappa shape index (κ1) is 10.1. The van der Waals surface area contributed by atoms with Gasteiger partial charge in [0, 0.05) is 5.02 Å². The second kappa shape index (κ2) is 4.00. The third kappa shape index (κ3) is 1.86. The standard InChI is InChI=1S/C10H9ClN2O2/c1-15-10-9(5-14)12-8-4-6(11)2-3-7(8)13-10/h2-4,14H,5H2,1H3. The highest BCUT2D eigenvalue weighted by atomic mass is 35.5. The van der Waals surface area contributed by atoms with Gasteiger partial charge < -0.3 is 9.84 Å². The molecule has 4 nitrogen and oxygen atoms in total. The van der Waals surface area contributed by atoms with E-state index in [0.29, 0.717) is 27.6 Å². The van der Waals surface area contributed by atoms with Gasteiger partial charge in [0.25, 0.3) is 0 Å². The topological polar surface area (TPSA) is 55.2 Å². The van der Waals surface area contributed by atoms with Gasteiger partial charge in [-0.2, -0.15) is 0 Å². The summed E-state index contributed by atoms with van der Waals surface area (Å²) in [6.45, 7) is -0.210. The summed E-state index contributed by atoms with van der Waals surface area (Å²) in [4.78, 5) is 8.41. The van der Waals surface area contributed by atoms with E-state index in [1.807, 2.05) is 0 Å². The van der Waals surface area contributed by atoms with Crippen LogP contribution in [0, 0.1) is 0 Å². The average Bonchev–Trinajstić information content (AvgIpc) is 2.27. The van der Waals surface area contributed by atoms with Gasteiger partial charge in [-0.25, -0.2) is 9.97 Å². The summed E-state index contributed by atoms with van der Waals surface area (Å²) >= 11 is 5.83. The largest absolute Gasteiger partial charge is 0.480 e. The highest BCUT2D eigenvalue weighted by Gasteiger charge is 2.08. The van der Waals surface area contributed by atoms with Crippen LogP contribution in [0.3, 0.4) is 0 Å². The van der Waals surface area contributed by atoms with Gasteiger partial charge in [0.05, 0.1) is 24.8 Å². The number of hydrogen-bond acceptors (Lipinski definition) is 4. The minimum Gasteiger partial charge on any atom is -0.480 e. The Hall–Kier alpha value is -1.39. The number of aliphatic hydroxyl groups excluding tert-OH is 1. The molecule has 1 heterocycles. The molecule has 0 unspecified atom stereocenters. The predicted octanol–water partition coefficient (Wildman–Crippen LogP) is 1.78. The van der Waals surface area contributed by atoms with Crippen molar-refractivity contribution >= 4 is 22.6 Å². The van der Waals surface area contributed by atoms with Crippen molar-refractivity contribution < 1.29 is 9.84 Å². The minimum atomic E-state index is -0.210. The van der Waals surface area contributed by atoms with Crippen LogP contribution >= 0.6 is 11.6 Å². The van der Waals surface area contributed by atoms with Gasteiger partial charge >= 0.3 is 0 Å². The van der Waals surface area contributed by atoms with Crippen LogP contribution in [-0.2, 0) is 6.61 Å². The van der Waals surface area contributed by atoms with Gasteiger partial charge in [-0.15, -0.1) is 0 Å². The molecule has 5 heteroatoms. The van der Waals surface area contributed by atoms with Crippen molar-refractivity contribution in [2.75, 3.05) is 7.11 Å². The highest BCUT2D eigenvalue weighted by Crippen LogP contribution is 2.21. The van der Waals surface area contributed by atoms with Crippen molar-refractivity contribution in [1.29, 1.82) is 0 Å². The fourth-order valence-electron chi connectivity index (χ4n) is 1.31. The Bertz CT molecular complexity index is 502. The lowest BCUT2D eigenvalue weighted by Crippen LogP contribution is -1.99. The van der Waals surface area contributed by atoms with Crippen LogP contribution in [0.15, 0.2) is 18.2 Å². The Labute approximate surface area is 91.5 Å². The molecule has 1 aromatic heterocycles. The molecule has 0 aliphatic heterocycles. The molecular formula is C10H9ClN2O2. The molecule has 0 radical (unpaired) electrons. The van der Waals surface area contributed by atoms with Gasteiger partial charge in [0.2, 0.25) is 5.88 Å². The van der Waals surface area contributed by atoms with Crippen LogP contribution in [-0.4, -0.2) is 22.2 Å². The van der Waals surface area contributed by atoms with Crippen LogP contribution in [0.4, 0.5) is 0 Å². The summed E-state index contributed by atoms with van der Waals surface area (Å²) in [6.07, 6.45) is 0. The highest BCUT2D eigenvalue weighted by molar-refractivity contribution is 6.31. The summed E-state index contributed by atoms with van der Waals surface area (Å²) in [7, 11) is 1.49. The molecule has 15 heavy (non-hydrogen) atoms. The molecule has 0 aliphatic rings. The molecule has 1 N–H and O–H groups in total. The maximum Gasteiger partial charge on any atom is 0.238 e. The lowest BCUT2D eigenvalue weighted by molar-refractivity contribution is 0.266. The molecule has 0 fully saturated rings. The number of methoxy groups -OCH3 is 1. The molecule has 0 spiro atoms. The van der Waals surface area contributed by atoms with Gasteiger partial charge in [-0.1, -0.05) is 11.6 Å². The zero-order valence-electron chi connectivity index (χ0n) is 8.07. The first-order valence-corrected chi connectivity index (χ1v) is 4.73. The molecule has 78 valence electrons. The van der Waals surface area contributed by atoms with E-state index in [0.717, 1.165) is 0 Å². The Morgan fingerprint density at radius 1 is 1.33 bits per heavy atom. The Morgan fingerprint density at radius 2 is 2.13 bits per heavy atom. The second-order valence-corrected chi connectivity index (χ2v) is 3.41. The summed E-state index contributed by atoms with van der Waals surface area (Å²) in [5, 5.41) is 9.65. The maximum atomic E-state index is 9.06. The van der Waals surface area contributed by atoms with E-state index in [4.69, 9.17) is 21.4 Å². The van der Waals surface area contributed by atoms with E-state index < -0.39 is 0 Å². The normalized spacial score (nSPS) is 10.6. The molecule has 2 rings (SSSR count). The van der Waals surface area contributed by atoms with Crippen molar-refractivity contribution in [1.82, 2.24) is 9.97 Å². The summed E-state index contributed by atoms with van der Waals surface area (Å²) in [6, 6.07) is 5.19. The Kier molecular flexibility index (Phi) is 2.70. The monoisotopic (exact) mass is 224 g/mol. The van der Waals surface area contributed by atoms with E-state index in [1.54, 1.807) is 18.2 Å². The number of hydrogen-bond donors (Lipinski definition) is 1. The smallest absolute Gasteiger partial charge is 0.238 e. The summed E-state index contributed by atoms with van der Waals surface area (Å²) < 4.78 is 5.01. The number of halogens is 1. The molecular weight excluding hydrogens is 216 g/mol. The average molecular weight is 225 g/mol.